The first-order chi connectivity index (χ1) is 11.0. The van der Waals surface area contributed by atoms with Crippen molar-refractivity contribution in [2.24, 2.45) is 5.92 Å². The van der Waals surface area contributed by atoms with Crippen LogP contribution < -0.4 is 0 Å². The maximum atomic E-state index is 13.9. The summed E-state index contributed by atoms with van der Waals surface area (Å²) in [5.41, 5.74) is -0.549. The van der Waals surface area contributed by atoms with Crippen LogP contribution in [0.1, 0.15) is 69.4 Å². The molecule has 1 aromatic rings. The van der Waals surface area contributed by atoms with Gasteiger partial charge in [0.1, 0.15) is 11.9 Å². The first-order valence-corrected chi connectivity index (χ1v) is 8.47. The molecule has 1 aliphatic rings. The molecule has 0 aromatic heterocycles. The van der Waals surface area contributed by atoms with Crippen molar-refractivity contribution in [3.05, 3.63) is 35.1 Å². The van der Waals surface area contributed by atoms with Gasteiger partial charge in [0.2, 0.25) is 0 Å². The molecule has 1 aliphatic carbocycles. The van der Waals surface area contributed by atoms with Crippen molar-refractivity contribution >= 4 is 5.97 Å². The van der Waals surface area contributed by atoms with E-state index in [4.69, 9.17) is 5.26 Å². The maximum absolute atomic E-state index is 13.9. The second kappa shape index (κ2) is 7.59. The molecule has 1 N–H and O–H groups in total. The minimum absolute atomic E-state index is 0.0393. The van der Waals surface area contributed by atoms with E-state index in [2.05, 4.69) is 6.92 Å². The molecule has 1 fully saturated rings. The van der Waals surface area contributed by atoms with Crippen molar-refractivity contribution in [1.29, 1.82) is 5.26 Å². The summed E-state index contributed by atoms with van der Waals surface area (Å²) in [4.78, 5) is 11.9. The minimum atomic E-state index is -1.00. The third-order valence-corrected chi connectivity index (χ3v) is 5.23. The number of hydrogen-bond acceptors (Lipinski definition) is 2. The quantitative estimate of drug-likeness (QED) is 0.767. The van der Waals surface area contributed by atoms with E-state index in [1.807, 2.05) is 0 Å². The van der Waals surface area contributed by atoms with Crippen LogP contribution in [0.25, 0.3) is 0 Å². The van der Waals surface area contributed by atoms with Gasteiger partial charge in [0.05, 0.1) is 11.0 Å². The van der Waals surface area contributed by atoms with Crippen LogP contribution >= 0.6 is 0 Å². The molecule has 0 amide bonds. The van der Waals surface area contributed by atoms with Crippen LogP contribution in [0.15, 0.2) is 18.2 Å². The fourth-order valence-electron chi connectivity index (χ4n) is 3.67. The molecule has 2 rings (SSSR count). The highest BCUT2D eigenvalue weighted by Crippen LogP contribution is 2.43. The monoisotopic (exact) mass is 317 g/mol. The molecule has 0 saturated heterocycles. The number of nitriles is 1. The SMILES string of the molecule is CCCCCC1CCC(C(=O)O)(c2ccc(C#N)c(F)c2)CC1. The van der Waals surface area contributed by atoms with E-state index in [1.165, 1.54) is 31.4 Å². The van der Waals surface area contributed by atoms with Gasteiger partial charge >= 0.3 is 5.97 Å². The predicted molar refractivity (Wildman–Crippen MR) is 86.5 cm³/mol. The summed E-state index contributed by atoms with van der Waals surface area (Å²) in [5, 5.41) is 18.6. The lowest BCUT2D eigenvalue weighted by molar-refractivity contribution is -0.145. The number of rotatable bonds is 6. The van der Waals surface area contributed by atoms with Crippen LogP contribution in [0.2, 0.25) is 0 Å². The number of unbranched alkanes of at least 4 members (excludes halogenated alkanes) is 2. The molecule has 1 aromatic carbocycles. The molecular formula is C19H24FNO2. The lowest BCUT2D eigenvalue weighted by Gasteiger charge is -2.37. The number of aliphatic carboxylic acids is 1. The Kier molecular flexibility index (Phi) is 5.76. The van der Waals surface area contributed by atoms with Gasteiger partial charge in [0.15, 0.2) is 0 Å². The summed E-state index contributed by atoms with van der Waals surface area (Å²) >= 11 is 0. The zero-order valence-corrected chi connectivity index (χ0v) is 13.6. The van der Waals surface area contributed by atoms with Crippen LogP contribution in [0.5, 0.6) is 0 Å². The minimum Gasteiger partial charge on any atom is -0.481 e. The van der Waals surface area contributed by atoms with Crippen molar-refractivity contribution in [2.45, 2.75) is 63.7 Å². The van der Waals surface area contributed by atoms with E-state index in [0.29, 0.717) is 24.3 Å². The van der Waals surface area contributed by atoms with Gasteiger partial charge < -0.3 is 5.11 Å². The Morgan fingerprint density at radius 3 is 2.61 bits per heavy atom. The lowest BCUT2D eigenvalue weighted by atomic mass is 9.66. The predicted octanol–water partition coefficient (Wildman–Crippen LogP) is 4.79. The summed E-state index contributed by atoms with van der Waals surface area (Å²) in [7, 11) is 0. The van der Waals surface area contributed by atoms with Crippen molar-refractivity contribution in [3.63, 3.8) is 0 Å². The van der Waals surface area contributed by atoms with Gasteiger partial charge in [-0.2, -0.15) is 5.26 Å². The summed E-state index contributed by atoms with van der Waals surface area (Å²) in [6.07, 6.45) is 7.61. The number of carbonyl (C=O) groups is 1. The van der Waals surface area contributed by atoms with Crippen molar-refractivity contribution < 1.29 is 14.3 Å². The Balaban J connectivity index is 2.15. The molecule has 23 heavy (non-hydrogen) atoms. The summed E-state index contributed by atoms with van der Waals surface area (Å²) in [6.45, 7) is 2.18. The summed E-state index contributed by atoms with van der Waals surface area (Å²) < 4.78 is 13.9. The highest BCUT2D eigenvalue weighted by molar-refractivity contribution is 5.81. The highest BCUT2D eigenvalue weighted by atomic mass is 19.1. The Bertz CT molecular complexity index is 598. The molecule has 0 spiro atoms. The Morgan fingerprint density at radius 1 is 1.39 bits per heavy atom. The fourth-order valence-corrected chi connectivity index (χ4v) is 3.67. The largest absolute Gasteiger partial charge is 0.481 e. The molecule has 124 valence electrons. The second-order valence-corrected chi connectivity index (χ2v) is 6.63. The van der Waals surface area contributed by atoms with Gasteiger partial charge in [0, 0.05) is 0 Å². The van der Waals surface area contributed by atoms with E-state index < -0.39 is 17.2 Å². The average molecular weight is 317 g/mol. The number of hydrogen-bond donors (Lipinski definition) is 1. The molecule has 3 nitrogen and oxygen atoms in total. The summed E-state index contributed by atoms with van der Waals surface area (Å²) in [6, 6.07) is 6.02. The van der Waals surface area contributed by atoms with E-state index in [-0.39, 0.29) is 5.56 Å². The van der Waals surface area contributed by atoms with Gasteiger partial charge in [-0.15, -0.1) is 0 Å². The van der Waals surface area contributed by atoms with Crippen LogP contribution in [-0.4, -0.2) is 11.1 Å². The van der Waals surface area contributed by atoms with E-state index in [1.54, 1.807) is 12.1 Å². The molecule has 0 aliphatic heterocycles. The van der Waals surface area contributed by atoms with Crippen molar-refractivity contribution in [1.82, 2.24) is 0 Å². The van der Waals surface area contributed by atoms with Crippen LogP contribution in [0, 0.1) is 23.1 Å². The van der Waals surface area contributed by atoms with Gasteiger partial charge in [0.25, 0.3) is 0 Å². The number of nitrogens with zero attached hydrogens (tertiary/aromatic N) is 1. The molecule has 1 saturated carbocycles. The van der Waals surface area contributed by atoms with E-state index >= 15 is 0 Å². The smallest absolute Gasteiger partial charge is 0.314 e. The zero-order chi connectivity index (χ0) is 16.9. The van der Waals surface area contributed by atoms with Gasteiger partial charge in [-0.3, -0.25) is 4.79 Å². The Hall–Kier alpha value is -1.89. The van der Waals surface area contributed by atoms with Crippen LogP contribution in [0.4, 0.5) is 4.39 Å². The highest BCUT2D eigenvalue weighted by Gasteiger charge is 2.43. The normalized spacial score (nSPS) is 24.1. The van der Waals surface area contributed by atoms with E-state index in [9.17, 15) is 14.3 Å². The second-order valence-electron chi connectivity index (χ2n) is 6.63. The van der Waals surface area contributed by atoms with E-state index in [0.717, 1.165) is 19.3 Å². The third-order valence-electron chi connectivity index (χ3n) is 5.23. The van der Waals surface area contributed by atoms with Gasteiger partial charge in [-0.05, 0) is 49.3 Å². The maximum Gasteiger partial charge on any atom is 0.314 e. The standard InChI is InChI=1S/C19H24FNO2/c1-2-3-4-5-14-8-10-19(11-9-14,18(22)23)16-7-6-15(13-21)17(20)12-16/h6-7,12,14H,2-5,8-11H2,1H3,(H,22,23). The first-order valence-electron chi connectivity index (χ1n) is 8.47. The Labute approximate surface area is 137 Å². The fraction of sp³-hybridized carbons (Fsp3) is 0.579. The number of halogens is 1. The number of carboxylic acid groups (broad SMARTS) is 1. The third kappa shape index (κ3) is 3.72. The van der Waals surface area contributed by atoms with Gasteiger partial charge in [-0.1, -0.05) is 38.7 Å². The van der Waals surface area contributed by atoms with Crippen LogP contribution in [-0.2, 0) is 10.2 Å². The molecule has 0 bridgehead atoms. The molecule has 0 unspecified atom stereocenters. The zero-order valence-electron chi connectivity index (χ0n) is 13.6. The average Bonchev–Trinajstić information content (AvgIpc) is 2.55. The lowest BCUT2D eigenvalue weighted by Crippen LogP contribution is -2.39. The number of benzene rings is 1. The van der Waals surface area contributed by atoms with Crippen molar-refractivity contribution in [3.8, 4) is 6.07 Å². The molecule has 0 radical (unpaired) electrons. The topological polar surface area (TPSA) is 61.1 Å². The van der Waals surface area contributed by atoms with Gasteiger partial charge in [-0.25, -0.2) is 4.39 Å². The molecular weight excluding hydrogens is 293 g/mol. The molecule has 0 heterocycles. The van der Waals surface area contributed by atoms with Crippen molar-refractivity contribution in [2.75, 3.05) is 0 Å². The van der Waals surface area contributed by atoms with Crippen LogP contribution in [0.3, 0.4) is 0 Å². The summed E-state index contributed by atoms with van der Waals surface area (Å²) in [5.74, 6) is -0.929. The Morgan fingerprint density at radius 2 is 2.09 bits per heavy atom. The number of carboxylic acids is 1. The molecule has 4 heteroatoms. The molecule has 0 atom stereocenters. The first kappa shape index (κ1) is 17.5.